The first kappa shape index (κ1) is 20.7. The maximum Gasteiger partial charge on any atom is 0.277 e. The van der Waals surface area contributed by atoms with Gasteiger partial charge in [-0.15, -0.1) is 0 Å². The number of carbonyl (C=O) groups excluding carboxylic acids is 1. The first-order valence-electron chi connectivity index (χ1n) is 9.85. The number of quaternary nitrogens is 1. The number of likely N-dealkylation sites (N-methyl/N-ethyl adjacent to an activating group) is 2. The number of hydrogen-bond acceptors (Lipinski definition) is 3. The number of amides is 1. The molecule has 0 bridgehead atoms. The maximum atomic E-state index is 12.6. The number of benzene rings is 3. The van der Waals surface area contributed by atoms with E-state index in [0.29, 0.717) is 19.7 Å². The topological polar surface area (TPSA) is 43.2 Å². The monoisotopic (exact) mass is 393 g/mol. The van der Waals surface area contributed by atoms with Gasteiger partial charge in [-0.2, -0.15) is 0 Å². The average molecular weight is 394 g/mol. The van der Waals surface area contributed by atoms with Crippen LogP contribution in [0.2, 0.25) is 0 Å². The zero-order valence-electron chi connectivity index (χ0n) is 17.4. The molecule has 1 atom stereocenters. The van der Waals surface area contributed by atoms with Crippen molar-refractivity contribution in [2.45, 2.75) is 6.54 Å². The molecule has 0 saturated carbocycles. The molecule has 3 aromatic carbocycles. The number of nitrogens with zero attached hydrogens (tertiary/aromatic N) is 1. The van der Waals surface area contributed by atoms with Gasteiger partial charge in [0.15, 0.2) is 6.54 Å². The van der Waals surface area contributed by atoms with Gasteiger partial charge in [0.05, 0.1) is 14.2 Å². The third kappa shape index (κ3) is 5.96. The fourth-order valence-corrected chi connectivity index (χ4v) is 3.20. The zero-order valence-corrected chi connectivity index (χ0v) is 17.4. The van der Waals surface area contributed by atoms with Crippen LogP contribution in [0, 0.1) is 0 Å². The van der Waals surface area contributed by atoms with Gasteiger partial charge in [-0.3, -0.25) is 4.79 Å². The lowest BCUT2D eigenvalue weighted by Crippen LogP contribution is -3.10. The summed E-state index contributed by atoms with van der Waals surface area (Å²) in [4.78, 5) is 15.5. The Morgan fingerprint density at radius 3 is 2.45 bits per heavy atom. The van der Waals surface area contributed by atoms with E-state index in [0.717, 1.165) is 39.3 Å². The van der Waals surface area contributed by atoms with Crippen LogP contribution in [0.1, 0.15) is 5.56 Å². The molecule has 5 heteroatoms. The van der Waals surface area contributed by atoms with Crippen molar-refractivity contribution in [1.29, 1.82) is 0 Å². The highest BCUT2D eigenvalue weighted by atomic mass is 16.5. The maximum absolute atomic E-state index is 12.6. The van der Waals surface area contributed by atoms with Crippen molar-refractivity contribution >= 4 is 16.7 Å². The van der Waals surface area contributed by atoms with Crippen molar-refractivity contribution in [1.82, 2.24) is 4.90 Å². The number of hydrogen-bond donors (Lipinski definition) is 1. The van der Waals surface area contributed by atoms with E-state index in [4.69, 9.17) is 9.47 Å². The zero-order chi connectivity index (χ0) is 20.6. The Kier molecular flexibility index (Phi) is 7.09. The number of nitrogens with one attached hydrogen (secondary N) is 1. The molecule has 1 amide bonds. The SMILES string of the molecule is COc1ccc2cc(CN(C)C(=O)C[NH+](C)CCOc3ccccc3)ccc2c1. The largest absolute Gasteiger partial charge is 0.497 e. The van der Waals surface area contributed by atoms with Gasteiger partial charge < -0.3 is 19.3 Å². The molecule has 152 valence electrons. The second kappa shape index (κ2) is 9.94. The second-order valence-electron chi connectivity index (χ2n) is 7.34. The molecule has 0 aliphatic carbocycles. The molecule has 3 rings (SSSR count). The first-order valence-corrected chi connectivity index (χ1v) is 9.85. The molecule has 0 heterocycles. The van der Waals surface area contributed by atoms with Crippen LogP contribution in [-0.2, 0) is 11.3 Å². The predicted octanol–water partition coefficient (Wildman–Crippen LogP) is 2.40. The minimum absolute atomic E-state index is 0.122. The highest BCUT2D eigenvalue weighted by molar-refractivity contribution is 5.84. The van der Waals surface area contributed by atoms with Crippen LogP contribution in [0.15, 0.2) is 66.7 Å². The van der Waals surface area contributed by atoms with Crippen molar-refractivity contribution in [3.8, 4) is 11.5 Å². The average Bonchev–Trinajstić information content (AvgIpc) is 2.74. The number of fused-ring (bicyclic) bond motifs is 1. The number of carbonyl (C=O) groups is 1. The van der Waals surface area contributed by atoms with Crippen LogP contribution in [0.25, 0.3) is 10.8 Å². The van der Waals surface area contributed by atoms with Crippen LogP contribution in [0.4, 0.5) is 0 Å². The molecule has 0 radical (unpaired) electrons. The molecule has 0 saturated heterocycles. The van der Waals surface area contributed by atoms with Gasteiger partial charge in [-0.1, -0.05) is 36.4 Å². The van der Waals surface area contributed by atoms with Gasteiger partial charge in [0.1, 0.15) is 24.7 Å². The Labute approximate surface area is 172 Å². The van der Waals surface area contributed by atoms with Crippen molar-refractivity contribution < 1.29 is 19.2 Å². The molecule has 29 heavy (non-hydrogen) atoms. The van der Waals surface area contributed by atoms with Crippen molar-refractivity contribution in [2.75, 3.05) is 40.9 Å². The smallest absolute Gasteiger partial charge is 0.277 e. The Hall–Kier alpha value is -3.05. The first-order chi connectivity index (χ1) is 14.0. The standard InChI is InChI=1S/C24H28N2O3/c1-25(13-14-29-22-7-5-4-6-8-22)18-24(27)26(2)17-19-9-10-21-16-23(28-3)12-11-20(21)15-19/h4-12,15-16H,13-14,17-18H2,1-3H3/p+1. The number of methoxy groups -OCH3 is 1. The molecule has 0 aromatic heterocycles. The van der Waals surface area contributed by atoms with E-state index in [1.807, 2.05) is 62.6 Å². The summed E-state index contributed by atoms with van der Waals surface area (Å²) in [6.07, 6.45) is 0. The van der Waals surface area contributed by atoms with E-state index >= 15 is 0 Å². The molecular formula is C24H29N2O3+. The summed E-state index contributed by atoms with van der Waals surface area (Å²) in [5.41, 5.74) is 1.11. The van der Waals surface area contributed by atoms with Gasteiger partial charge >= 0.3 is 0 Å². The van der Waals surface area contributed by atoms with E-state index in [-0.39, 0.29) is 5.91 Å². The van der Waals surface area contributed by atoms with Gasteiger partial charge in [-0.25, -0.2) is 0 Å². The second-order valence-corrected chi connectivity index (χ2v) is 7.34. The quantitative estimate of drug-likeness (QED) is 0.607. The molecule has 0 spiro atoms. The minimum Gasteiger partial charge on any atom is -0.497 e. The molecular weight excluding hydrogens is 364 g/mol. The van der Waals surface area contributed by atoms with E-state index < -0.39 is 0 Å². The van der Waals surface area contributed by atoms with E-state index in [2.05, 4.69) is 18.2 Å². The molecule has 0 aliphatic rings. The molecule has 1 N–H and O–H groups in total. The van der Waals surface area contributed by atoms with Crippen molar-refractivity contribution in [2.24, 2.45) is 0 Å². The summed E-state index contributed by atoms with van der Waals surface area (Å²) in [5.74, 6) is 1.83. The van der Waals surface area contributed by atoms with Crippen LogP contribution in [-0.4, -0.2) is 51.7 Å². The van der Waals surface area contributed by atoms with Crippen molar-refractivity contribution in [3.63, 3.8) is 0 Å². The van der Waals surface area contributed by atoms with Gasteiger partial charge in [-0.05, 0) is 46.7 Å². The number of ether oxygens (including phenoxy) is 2. The summed E-state index contributed by atoms with van der Waals surface area (Å²) >= 11 is 0. The lowest BCUT2D eigenvalue weighted by Gasteiger charge is -2.20. The fraction of sp³-hybridized carbons (Fsp3) is 0.292. The van der Waals surface area contributed by atoms with Crippen LogP contribution < -0.4 is 14.4 Å². The number of rotatable bonds is 9. The van der Waals surface area contributed by atoms with Gasteiger partial charge in [0.25, 0.3) is 5.91 Å². The summed E-state index contributed by atoms with van der Waals surface area (Å²) in [6.45, 7) is 2.39. The highest BCUT2D eigenvalue weighted by Gasteiger charge is 2.15. The third-order valence-corrected chi connectivity index (χ3v) is 4.95. The Morgan fingerprint density at radius 2 is 1.69 bits per heavy atom. The lowest BCUT2D eigenvalue weighted by molar-refractivity contribution is -0.871. The van der Waals surface area contributed by atoms with Crippen LogP contribution in [0.3, 0.4) is 0 Å². The fourth-order valence-electron chi connectivity index (χ4n) is 3.20. The summed E-state index contributed by atoms with van der Waals surface area (Å²) in [6, 6.07) is 22.0. The number of para-hydroxylation sites is 1. The van der Waals surface area contributed by atoms with E-state index in [1.54, 1.807) is 12.0 Å². The molecule has 0 fully saturated rings. The Bertz CT molecular complexity index is 943. The van der Waals surface area contributed by atoms with Crippen LogP contribution in [0.5, 0.6) is 11.5 Å². The molecule has 5 nitrogen and oxygen atoms in total. The van der Waals surface area contributed by atoms with E-state index in [1.165, 1.54) is 0 Å². The van der Waals surface area contributed by atoms with Gasteiger partial charge in [0, 0.05) is 13.6 Å². The predicted molar refractivity (Wildman–Crippen MR) is 116 cm³/mol. The highest BCUT2D eigenvalue weighted by Crippen LogP contribution is 2.22. The van der Waals surface area contributed by atoms with Gasteiger partial charge in [0.2, 0.25) is 0 Å². The Balaban J connectivity index is 1.48. The van der Waals surface area contributed by atoms with Crippen molar-refractivity contribution in [3.05, 3.63) is 72.3 Å². The molecule has 1 unspecified atom stereocenters. The summed E-state index contributed by atoms with van der Waals surface area (Å²) in [7, 11) is 5.54. The normalized spacial score (nSPS) is 11.8. The minimum atomic E-state index is 0.122. The molecule has 3 aromatic rings. The third-order valence-electron chi connectivity index (χ3n) is 4.95. The lowest BCUT2D eigenvalue weighted by atomic mass is 10.1. The van der Waals surface area contributed by atoms with E-state index in [9.17, 15) is 4.79 Å². The molecule has 0 aliphatic heterocycles. The Morgan fingerprint density at radius 1 is 0.966 bits per heavy atom. The summed E-state index contributed by atoms with van der Waals surface area (Å²) < 4.78 is 11.0. The summed E-state index contributed by atoms with van der Waals surface area (Å²) in [5, 5.41) is 2.27. The van der Waals surface area contributed by atoms with Crippen LogP contribution >= 0.6 is 0 Å².